The topological polar surface area (TPSA) is 89.5 Å². The molecular formula is C22H23N3O4S2. The van der Waals surface area contributed by atoms with Gasteiger partial charge in [-0.15, -0.1) is 23.1 Å². The molecule has 2 N–H and O–H groups in total. The molecule has 0 radical (unpaired) electrons. The van der Waals surface area contributed by atoms with Gasteiger partial charge >= 0.3 is 0 Å². The Hall–Kier alpha value is -3.04. The first-order valence-electron chi connectivity index (χ1n) is 9.54. The van der Waals surface area contributed by atoms with E-state index in [0.29, 0.717) is 34.3 Å². The first-order valence-corrected chi connectivity index (χ1v) is 11.3. The van der Waals surface area contributed by atoms with Crippen LogP contribution >= 0.6 is 23.1 Å². The predicted octanol–water partition coefficient (Wildman–Crippen LogP) is 4.92. The van der Waals surface area contributed by atoms with Crippen molar-refractivity contribution in [1.29, 1.82) is 0 Å². The van der Waals surface area contributed by atoms with Gasteiger partial charge in [-0.3, -0.25) is 9.59 Å². The van der Waals surface area contributed by atoms with Crippen LogP contribution in [0.3, 0.4) is 0 Å². The molecule has 1 atom stereocenters. The van der Waals surface area contributed by atoms with E-state index in [2.05, 4.69) is 15.6 Å². The summed E-state index contributed by atoms with van der Waals surface area (Å²) in [5.41, 5.74) is 1.09. The number of methoxy groups -OCH3 is 2. The van der Waals surface area contributed by atoms with E-state index in [9.17, 15) is 9.59 Å². The van der Waals surface area contributed by atoms with Crippen LogP contribution in [0.4, 0.5) is 10.8 Å². The molecule has 9 heteroatoms. The minimum Gasteiger partial charge on any atom is -0.493 e. The third-order valence-corrected chi connectivity index (χ3v) is 6.39. The maximum absolute atomic E-state index is 12.7. The lowest BCUT2D eigenvalue weighted by Gasteiger charge is -2.14. The zero-order valence-electron chi connectivity index (χ0n) is 17.4. The van der Waals surface area contributed by atoms with Gasteiger partial charge in [0.2, 0.25) is 5.91 Å². The summed E-state index contributed by atoms with van der Waals surface area (Å²) >= 11 is 2.82. The van der Waals surface area contributed by atoms with Gasteiger partial charge in [-0.1, -0.05) is 13.0 Å². The van der Waals surface area contributed by atoms with Crippen LogP contribution in [0.15, 0.2) is 58.9 Å². The molecule has 31 heavy (non-hydrogen) atoms. The molecule has 0 saturated carbocycles. The van der Waals surface area contributed by atoms with E-state index in [1.54, 1.807) is 37.6 Å². The van der Waals surface area contributed by atoms with Gasteiger partial charge < -0.3 is 20.1 Å². The summed E-state index contributed by atoms with van der Waals surface area (Å²) in [5, 5.41) is 7.84. The number of carbonyl (C=O) groups is 2. The molecule has 0 aliphatic carbocycles. The fourth-order valence-corrected chi connectivity index (χ4v) is 4.33. The largest absolute Gasteiger partial charge is 0.493 e. The molecule has 0 spiro atoms. The second-order valence-electron chi connectivity index (χ2n) is 6.39. The highest BCUT2D eigenvalue weighted by Crippen LogP contribution is 2.30. The van der Waals surface area contributed by atoms with E-state index >= 15 is 0 Å². The third kappa shape index (κ3) is 5.99. The summed E-state index contributed by atoms with van der Waals surface area (Å²) in [7, 11) is 3.07. The van der Waals surface area contributed by atoms with E-state index in [1.165, 1.54) is 30.2 Å². The number of anilines is 2. The number of aromatic nitrogens is 1. The van der Waals surface area contributed by atoms with Crippen molar-refractivity contribution in [3.05, 3.63) is 59.6 Å². The van der Waals surface area contributed by atoms with Gasteiger partial charge in [0.05, 0.1) is 19.5 Å². The van der Waals surface area contributed by atoms with Crippen molar-refractivity contribution in [3.63, 3.8) is 0 Å². The summed E-state index contributed by atoms with van der Waals surface area (Å²) in [6, 6.07) is 12.4. The average Bonchev–Trinajstić information content (AvgIpc) is 3.30. The normalized spacial score (nSPS) is 11.5. The third-order valence-electron chi connectivity index (χ3n) is 4.34. The van der Waals surface area contributed by atoms with Gasteiger partial charge in [-0.25, -0.2) is 4.98 Å². The number of thioether (sulfide) groups is 1. The molecule has 0 aliphatic heterocycles. The maximum atomic E-state index is 12.7. The lowest BCUT2D eigenvalue weighted by atomic mass is 10.2. The van der Waals surface area contributed by atoms with Crippen LogP contribution in [0, 0.1) is 0 Å². The number of hydrogen-bond donors (Lipinski definition) is 2. The monoisotopic (exact) mass is 457 g/mol. The highest BCUT2D eigenvalue weighted by atomic mass is 32.2. The Morgan fingerprint density at radius 1 is 1.10 bits per heavy atom. The predicted molar refractivity (Wildman–Crippen MR) is 125 cm³/mol. The van der Waals surface area contributed by atoms with Gasteiger partial charge in [0.15, 0.2) is 16.6 Å². The summed E-state index contributed by atoms with van der Waals surface area (Å²) < 4.78 is 10.5. The number of benzene rings is 2. The van der Waals surface area contributed by atoms with Crippen LogP contribution < -0.4 is 20.1 Å². The van der Waals surface area contributed by atoms with E-state index in [1.807, 2.05) is 30.5 Å². The number of ether oxygens (including phenoxy) is 2. The summed E-state index contributed by atoms with van der Waals surface area (Å²) in [5.74, 6) is 0.675. The summed E-state index contributed by atoms with van der Waals surface area (Å²) in [6.07, 6.45) is 2.31. The standard InChI is InChI=1S/C22H23N3O4S2/c1-4-19(21(27)25-22-23-10-11-30-22)31-16-7-5-6-15(13-16)24-20(26)14-8-9-17(28-2)18(12-14)29-3/h5-13,19H,4H2,1-3H3,(H,24,26)(H,23,25,27). The molecule has 162 valence electrons. The molecule has 1 aromatic heterocycles. The van der Waals surface area contributed by atoms with Gasteiger partial charge in [0, 0.05) is 27.7 Å². The van der Waals surface area contributed by atoms with Crippen LogP contribution in [-0.4, -0.2) is 36.3 Å². The van der Waals surface area contributed by atoms with Gasteiger partial charge in [0.25, 0.3) is 5.91 Å². The molecule has 0 fully saturated rings. The molecule has 0 aliphatic rings. The van der Waals surface area contributed by atoms with Crippen LogP contribution in [0.2, 0.25) is 0 Å². The average molecular weight is 458 g/mol. The van der Waals surface area contributed by atoms with E-state index in [4.69, 9.17) is 9.47 Å². The van der Waals surface area contributed by atoms with Gasteiger partial charge in [0.1, 0.15) is 0 Å². The number of amides is 2. The minimum absolute atomic E-state index is 0.0952. The number of nitrogens with zero attached hydrogens (tertiary/aromatic N) is 1. The SMILES string of the molecule is CCC(Sc1cccc(NC(=O)c2ccc(OC)c(OC)c2)c1)C(=O)Nc1nccs1. The van der Waals surface area contributed by atoms with Gasteiger partial charge in [-0.2, -0.15) is 0 Å². The molecule has 2 amide bonds. The highest BCUT2D eigenvalue weighted by molar-refractivity contribution is 8.00. The van der Waals surface area contributed by atoms with E-state index in [-0.39, 0.29) is 17.1 Å². The van der Waals surface area contributed by atoms with Crippen molar-refractivity contribution in [2.24, 2.45) is 0 Å². The zero-order chi connectivity index (χ0) is 22.2. The Morgan fingerprint density at radius 3 is 2.58 bits per heavy atom. The second-order valence-corrected chi connectivity index (χ2v) is 8.56. The van der Waals surface area contributed by atoms with Crippen LogP contribution in [-0.2, 0) is 4.79 Å². The maximum Gasteiger partial charge on any atom is 0.255 e. The lowest BCUT2D eigenvalue weighted by molar-refractivity contribution is -0.115. The molecule has 1 heterocycles. The molecule has 7 nitrogen and oxygen atoms in total. The quantitative estimate of drug-likeness (QED) is 0.443. The Balaban J connectivity index is 1.68. The number of carbonyl (C=O) groups excluding carboxylic acids is 2. The lowest BCUT2D eigenvalue weighted by Crippen LogP contribution is -2.24. The molecular weight excluding hydrogens is 434 g/mol. The molecule has 0 saturated heterocycles. The molecule has 3 rings (SSSR count). The van der Waals surface area contributed by atoms with Crippen molar-refractivity contribution in [1.82, 2.24) is 4.98 Å². The smallest absolute Gasteiger partial charge is 0.255 e. The Labute approximate surface area is 189 Å². The summed E-state index contributed by atoms with van der Waals surface area (Å²) in [4.78, 5) is 30.2. The van der Waals surface area contributed by atoms with Crippen LogP contribution in [0.1, 0.15) is 23.7 Å². The molecule has 2 aromatic carbocycles. The van der Waals surface area contributed by atoms with Crippen molar-refractivity contribution < 1.29 is 19.1 Å². The fourth-order valence-electron chi connectivity index (χ4n) is 2.79. The van der Waals surface area contributed by atoms with Crippen molar-refractivity contribution >= 4 is 45.7 Å². The number of thiazole rings is 1. The summed E-state index contributed by atoms with van der Waals surface area (Å²) in [6.45, 7) is 1.96. The highest BCUT2D eigenvalue weighted by Gasteiger charge is 2.19. The Morgan fingerprint density at radius 2 is 1.90 bits per heavy atom. The molecule has 0 bridgehead atoms. The second kappa shape index (κ2) is 10.8. The van der Waals surface area contributed by atoms with Crippen molar-refractivity contribution in [3.8, 4) is 11.5 Å². The Kier molecular flexibility index (Phi) is 7.91. The number of hydrogen-bond acceptors (Lipinski definition) is 7. The van der Waals surface area contributed by atoms with Crippen molar-refractivity contribution in [2.75, 3.05) is 24.9 Å². The molecule has 1 unspecified atom stereocenters. The zero-order valence-corrected chi connectivity index (χ0v) is 19.0. The number of rotatable bonds is 9. The van der Waals surface area contributed by atoms with Crippen LogP contribution in [0.25, 0.3) is 0 Å². The van der Waals surface area contributed by atoms with Gasteiger partial charge in [-0.05, 0) is 42.8 Å². The van der Waals surface area contributed by atoms with Crippen LogP contribution in [0.5, 0.6) is 11.5 Å². The fraction of sp³-hybridized carbons (Fsp3) is 0.227. The minimum atomic E-state index is -0.277. The van der Waals surface area contributed by atoms with E-state index in [0.717, 1.165) is 4.90 Å². The Bertz CT molecular complexity index is 1040. The first kappa shape index (κ1) is 22.6. The number of nitrogens with one attached hydrogen (secondary N) is 2. The first-order chi connectivity index (χ1) is 15.0. The van der Waals surface area contributed by atoms with E-state index < -0.39 is 0 Å². The molecule has 3 aromatic rings. The van der Waals surface area contributed by atoms with Crippen molar-refractivity contribution in [2.45, 2.75) is 23.5 Å².